The van der Waals surface area contributed by atoms with Crippen LogP contribution in [-0.2, 0) is 4.79 Å². The Labute approximate surface area is 137 Å². The summed E-state index contributed by atoms with van der Waals surface area (Å²) < 4.78 is 5.67. The summed E-state index contributed by atoms with van der Waals surface area (Å²) in [5, 5.41) is 3.77. The first kappa shape index (κ1) is 18.1. The van der Waals surface area contributed by atoms with Crippen molar-refractivity contribution in [2.24, 2.45) is 5.92 Å². The molecule has 1 aromatic carbocycles. The van der Waals surface area contributed by atoms with Gasteiger partial charge in [0.2, 0.25) is 0 Å². The van der Waals surface area contributed by atoms with Gasteiger partial charge < -0.3 is 15.0 Å². The molecular formula is C15H22Cl2N2O2. The van der Waals surface area contributed by atoms with Crippen molar-refractivity contribution < 1.29 is 9.53 Å². The highest BCUT2D eigenvalue weighted by molar-refractivity contribution is 6.30. The van der Waals surface area contributed by atoms with Crippen LogP contribution < -0.4 is 10.1 Å². The molecule has 1 N–H and O–H groups in total. The summed E-state index contributed by atoms with van der Waals surface area (Å²) in [6.45, 7) is 4.36. The van der Waals surface area contributed by atoms with Crippen LogP contribution in [0.25, 0.3) is 0 Å². The number of carbonyl (C=O) groups excluding carboxylic acids is 1. The number of ether oxygens (including phenoxy) is 1. The van der Waals surface area contributed by atoms with Crippen molar-refractivity contribution in [3.63, 3.8) is 0 Å². The number of nitrogens with one attached hydrogen (secondary N) is 1. The molecule has 1 aromatic rings. The normalized spacial score (nSPS) is 19.0. The second-order valence-electron chi connectivity index (χ2n) is 5.21. The van der Waals surface area contributed by atoms with Crippen LogP contribution in [0, 0.1) is 5.92 Å². The van der Waals surface area contributed by atoms with Crippen molar-refractivity contribution in [3.8, 4) is 5.75 Å². The number of likely N-dealkylation sites (tertiary alicyclic amines) is 1. The Kier molecular flexibility index (Phi) is 7.29. The zero-order valence-electron chi connectivity index (χ0n) is 12.3. The summed E-state index contributed by atoms with van der Waals surface area (Å²) in [5.74, 6) is 1.22. The smallest absolute Gasteiger partial charge is 0.263 e. The summed E-state index contributed by atoms with van der Waals surface area (Å²) in [4.78, 5) is 14.2. The predicted molar refractivity (Wildman–Crippen MR) is 87.4 cm³/mol. The summed E-state index contributed by atoms with van der Waals surface area (Å²) in [7, 11) is 1.94. The van der Waals surface area contributed by atoms with E-state index in [1.54, 1.807) is 19.1 Å². The SMILES string of the molecule is CNCC1CCN(C(=O)C(C)Oc2cccc(Cl)c2)C1.Cl. The topological polar surface area (TPSA) is 41.6 Å². The second-order valence-corrected chi connectivity index (χ2v) is 5.65. The van der Waals surface area contributed by atoms with E-state index in [2.05, 4.69) is 5.32 Å². The molecule has 2 atom stereocenters. The molecular weight excluding hydrogens is 311 g/mol. The van der Waals surface area contributed by atoms with Gasteiger partial charge in [-0.2, -0.15) is 0 Å². The Bertz CT molecular complexity index is 471. The highest BCUT2D eigenvalue weighted by atomic mass is 35.5. The minimum atomic E-state index is -0.484. The van der Waals surface area contributed by atoms with Crippen LogP contribution in [-0.4, -0.2) is 43.6 Å². The first-order valence-electron chi connectivity index (χ1n) is 6.95. The molecule has 1 amide bonds. The molecule has 0 bridgehead atoms. The number of hydrogen-bond acceptors (Lipinski definition) is 3. The average Bonchev–Trinajstić information content (AvgIpc) is 2.87. The van der Waals surface area contributed by atoms with E-state index in [1.165, 1.54) is 0 Å². The fraction of sp³-hybridized carbons (Fsp3) is 0.533. The molecule has 1 aliphatic heterocycles. The van der Waals surface area contributed by atoms with E-state index in [0.29, 0.717) is 16.7 Å². The maximum Gasteiger partial charge on any atom is 0.263 e. The van der Waals surface area contributed by atoms with Crippen LogP contribution in [0.4, 0.5) is 0 Å². The van der Waals surface area contributed by atoms with E-state index in [0.717, 1.165) is 26.1 Å². The monoisotopic (exact) mass is 332 g/mol. The molecule has 1 fully saturated rings. The molecule has 2 rings (SSSR count). The predicted octanol–water partition coefficient (Wildman–Crippen LogP) is 2.60. The molecule has 1 aliphatic rings. The number of halogens is 2. The molecule has 0 radical (unpaired) electrons. The van der Waals surface area contributed by atoms with Crippen LogP contribution in [0.5, 0.6) is 5.75 Å². The number of amides is 1. The Morgan fingerprint density at radius 1 is 1.57 bits per heavy atom. The number of rotatable bonds is 5. The van der Waals surface area contributed by atoms with Gasteiger partial charge in [-0.05, 0) is 51.1 Å². The van der Waals surface area contributed by atoms with Gasteiger partial charge in [0.1, 0.15) is 5.75 Å². The summed E-state index contributed by atoms with van der Waals surface area (Å²) >= 11 is 5.91. The third-order valence-corrected chi connectivity index (χ3v) is 3.78. The maximum atomic E-state index is 12.3. The van der Waals surface area contributed by atoms with Crippen molar-refractivity contribution in [3.05, 3.63) is 29.3 Å². The first-order chi connectivity index (χ1) is 9.60. The second kappa shape index (κ2) is 8.47. The molecule has 0 spiro atoms. The average molecular weight is 333 g/mol. The van der Waals surface area contributed by atoms with Crippen molar-refractivity contribution in [2.75, 3.05) is 26.7 Å². The quantitative estimate of drug-likeness (QED) is 0.901. The fourth-order valence-electron chi connectivity index (χ4n) is 2.54. The minimum absolute atomic E-state index is 0. The zero-order chi connectivity index (χ0) is 14.5. The van der Waals surface area contributed by atoms with E-state index < -0.39 is 6.10 Å². The Morgan fingerprint density at radius 3 is 3.00 bits per heavy atom. The van der Waals surface area contributed by atoms with E-state index >= 15 is 0 Å². The molecule has 0 saturated carbocycles. The van der Waals surface area contributed by atoms with Crippen molar-refractivity contribution in [1.29, 1.82) is 0 Å². The van der Waals surface area contributed by atoms with Gasteiger partial charge in [0.05, 0.1) is 0 Å². The van der Waals surface area contributed by atoms with Crippen LogP contribution in [0.3, 0.4) is 0 Å². The van der Waals surface area contributed by atoms with Gasteiger partial charge in [0, 0.05) is 18.1 Å². The number of nitrogens with zero attached hydrogens (tertiary/aromatic N) is 1. The lowest BCUT2D eigenvalue weighted by atomic mass is 10.1. The van der Waals surface area contributed by atoms with Gasteiger partial charge in [-0.15, -0.1) is 12.4 Å². The maximum absolute atomic E-state index is 12.3. The van der Waals surface area contributed by atoms with Crippen LogP contribution in [0.1, 0.15) is 13.3 Å². The Morgan fingerprint density at radius 2 is 2.33 bits per heavy atom. The van der Waals surface area contributed by atoms with E-state index in [4.69, 9.17) is 16.3 Å². The molecule has 118 valence electrons. The highest BCUT2D eigenvalue weighted by Gasteiger charge is 2.29. The lowest BCUT2D eigenvalue weighted by molar-refractivity contribution is -0.137. The van der Waals surface area contributed by atoms with Crippen molar-refractivity contribution in [2.45, 2.75) is 19.4 Å². The largest absolute Gasteiger partial charge is 0.481 e. The Hall–Kier alpha value is -0.970. The van der Waals surface area contributed by atoms with Gasteiger partial charge in [0.15, 0.2) is 6.10 Å². The van der Waals surface area contributed by atoms with Crippen LogP contribution >= 0.6 is 24.0 Å². The zero-order valence-corrected chi connectivity index (χ0v) is 13.9. The van der Waals surface area contributed by atoms with E-state index in [9.17, 15) is 4.79 Å². The number of carbonyl (C=O) groups is 1. The third-order valence-electron chi connectivity index (χ3n) is 3.55. The van der Waals surface area contributed by atoms with E-state index in [-0.39, 0.29) is 18.3 Å². The van der Waals surface area contributed by atoms with Gasteiger partial charge in [0.25, 0.3) is 5.91 Å². The molecule has 0 aliphatic carbocycles. The highest BCUT2D eigenvalue weighted by Crippen LogP contribution is 2.21. The molecule has 0 aromatic heterocycles. The summed E-state index contributed by atoms with van der Waals surface area (Å²) in [6.07, 6.45) is 0.568. The standard InChI is InChI=1S/C15H21ClN2O2.ClH/c1-11(20-14-5-3-4-13(16)8-14)15(19)18-7-6-12(10-18)9-17-2;/h3-5,8,11-12,17H,6-7,9-10H2,1-2H3;1H. The van der Waals surface area contributed by atoms with Crippen LogP contribution in [0.15, 0.2) is 24.3 Å². The molecule has 1 saturated heterocycles. The number of benzene rings is 1. The number of hydrogen-bond donors (Lipinski definition) is 1. The molecule has 6 heteroatoms. The van der Waals surface area contributed by atoms with Crippen molar-refractivity contribution >= 4 is 29.9 Å². The third kappa shape index (κ3) is 5.06. The summed E-state index contributed by atoms with van der Waals surface area (Å²) in [5.41, 5.74) is 0. The molecule has 1 heterocycles. The molecule has 21 heavy (non-hydrogen) atoms. The van der Waals surface area contributed by atoms with Gasteiger partial charge >= 0.3 is 0 Å². The van der Waals surface area contributed by atoms with E-state index in [1.807, 2.05) is 24.1 Å². The van der Waals surface area contributed by atoms with Gasteiger partial charge in [-0.1, -0.05) is 17.7 Å². The first-order valence-corrected chi connectivity index (χ1v) is 7.33. The fourth-order valence-corrected chi connectivity index (χ4v) is 2.72. The lowest BCUT2D eigenvalue weighted by Gasteiger charge is -2.22. The molecule has 2 unspecified atom stereocenters. The minimum Gasteiger partial charge on any atom is -0.481 e. The Balaban J connectivity index is 0.00000220. The van der Waals surface area contributed by atoms with Gasteiger partial charge in [-0.25, -0.2) is 0 Å². The van der Waals surface area contributed by atoms with Crippen molar-refractivity contribution in [1.82, 2.24) is 10.2 Å². The molecule has 4 nitrogen and oxygen atoms in total. The van der Waals surface area contributed by atoms with Crippen LogP contribution in [0.2, 0.25) is 5.02 Å². The lowest BCUT2D eigenvalue weighted by Crippen LogP contribution is -2.39. The van der Waals surface area contributed by atoms with Gasteiger partial charge in [-0.3, -0.25) is 4.79 Å². The summed E-state index contributed by atoms with van der Waals surface area (Å²) in [6, 6.07) is 7.12.